The monoisotopic (exact) mass is 427 g/mol. The highest BCUT2D eigenvalue weighted by atomic mass is 35.5. The standard InChI is InChI=1S/C24H30ClN3O2/c1-27(24(29)26-20-9-3-2-4-10-20)16-18-14-21(15-18)30-22-11-7-8-19(23(22)25)17-28-12-5-6-13-28/h2-4,7-11,18,21H,5-6,12-17H2,1H3,(H,26,29). The number of amides is 2. The fourth-order valence-corrected chi connectivity index (χ4v) is 4.49. The Hall–Kier alpha value is -2.24. The molecule has 0 spiro atoms. The molecule has 2 aromatic carbocycles. The number of rotatable bonds is 7. The number of para-hydroxylation sites is 1. The Balaban J connectivity index is 1.23. The number of nitrogens with one attached hydrogen (secondary N) is 1. The van der Waals surface area contributed by atoms with Crippen molar-refractivity contribution >= 4 is 23.3 Å². The summed E-state index contributed by atoms with van der Waals surface area (Å²) in [5, 5.41) is 3.67. The SMILES string of the molecule is CN(CC1CC(Oc2cccc(CN3CCCC3)c2Cl)C1)C(=O)Nc1ccccc1. The third-order valence-corrected chi connectivity index (χ3v) is 6.45. The Morgan fingerprint density at radius 2 is 1.87 bits per heavy atom. The summed E-state index contributed by atoms with van der Waals surface area (Å²) in [5.41, 5.74) is 1.96. The molecule has 2 fully saturated rings. The van der Waals surface area contributed by atoms with Crippen LogP contribution in [0.3, 0.4) is 0 Å². The number of anilines is 1. The fourth-order valence-electron chi connectivity index (χ4n) is 4.26. The molecule has 1 saturated carbocycles. The number of carbonyl (C=O) groups is 1. The number of likely N-dealkylation sites (tertiary alicyclic amines) is 1. The predicted molar refractivity (Wildman–Crippen MR) is 121 cm³/mol. The van der Waals surface area contributed by atoms with Crippen LogP contribution in [0.2, 0.25) is 5.02 Å². The number of hydrogen-bond donors (Lipinski definition) is 1. The Morgan fingerprint density at radius 3 is 2.60 bits per heavy atom. The zero-order valence-corrected chi connectivity index (χ0v) is 18.3. The summed E-state index contributed by atoms with van der Waals surface area (Å²) in [6, 6.07) is 15.5. The van der Waals surface area contributed by atoms with Gasteiger partial charge < -0.3 is 15.0 Å². The second-order valence-electron chi connectivity index (χ2n) is 8.47. The lowest BCUT2D eigenvalue weighted by atomic mass is 9.82. The van der Waals surface area contributed by atoms with Crippen LogP contribution in [-0.2, 0) is 6.54 Å². The molecule has 0 radical (unpaired) electrons. The number of halogens is 1. The third kappa shape index (κ3) is 5.27. The minimum absolute atomic E-state index is 0.0803. The molecule has 2 aromatic rings. The Bertz CT molecular complexity index is 849. The maximum atomic E-state index is 12.3. The van der Waals surface area contributed by atoms with Crippen molar-refractivity contribution in [1.29, 1.82) is 0 Å². The number of carbonyl (C=O) groups excluding carboxylic acids is 1. The van der Waals surface area contributed by atoms with Crippen molar-refractivity contribution in [3.8, 4) is 5.75 Å². The second-order valence-corrected chi connectivity index (χ2v) is 8.84. The molecule has 0 bridgehead atoms. The lowest BCUT2D eigenvalue weighted by Gasteiger charge is -2.37. The van der Waals surface area contributed by atoms with Crippen molar-refractivity contribution in [1.82, 2.24) is 9.80 Å². The molecule has 0 unspecified atom stereocenters. The topological polar surface area (TPSA) is 44.8 Å². The van der Waals surface area contributed by atoms with E-state index in [0.29, 0.717) is 5.92 Å². The third-order valence-electron chi connectivity index (χ3n) is 6.03. The van der Waals surface area contributed by atoms with Gasteiger partial charge in [0.1, 0.15) is 5.75 Å². The van der Waals surface area contributed by atoms with Gasteiger partial charge in [0.2, 0.25) is 0 Å². The molecule has 1 heterocycles. The van der Waals surface area contributed by atoms with Crippen molar-refractivity contribution < 1.29 is 9.53 Å². The largest absolute Gasteiger partial charge is 0.489 e. The summed E-state index contributed by atoms with van der Waals surface area (Å²) in [6.07, 6.45) is 4.59. The van der Waals surface area contributed by atoms with E-state index in [4.69, 9.17) is 16.3 Å². The lowest BCUT2D eigenvalue weighted by Crippen LogP contribution is -2.43. The minimum atomic E-state index is -0.0803. The first-order chi connectivity index (χ1) is 14.6. The van der Waals surface area contributed by atoms with Gasteiger partial charge in [0, 0.05) is 25.8 Å². The molecule has 5 nitrogen and oxygen atoms in total. The lowest BCUT2D eigenvalue weighted by molar-refractivity contribution is 0.0532. The molecular formula is C24H30ClN3O2. The second kappa shape index (κ2) is 9.71. The van der Waals surface area contributed by atoms with Gasteiger partial charge in [0.05, 0.1) is 11.1 Å². The summed E-state index contributed by atoms with van der Waals surface area (Å²) >= 11 is 6.64. The average molecular weight is 428 g/mol. The predicted octanol–water partition coefficient (Wildman–Crippen LogP) is 5.26. The zero-order valence-electron chi connectivity index (χ0n) is 17.5. The van der Waals surface area contributed by atoms with Gasteiger partial charge >= 0.3 is 6.03 Å². The molecule has 0 aromatic heterocycles. The van der Waals surface area contributed by atoms with Crippen LogP contribution in [0.5, 0.6) is 5.75 Å². The van der Waals surface area contributed by atoms with Gasteiger partial charge in [-0.3, -0.25) is 4.90 Å². The molecule has 1 aliphatic carbocycles. The van der Waals surface area contributed by atoms with Gasteiger partial charge in [-0.2, -0.15) is 0 Å². The number of nitrogens with zero attached hydrogens (tertiary/aromatic N) is 2. The van der Waals surface area contributed by atoms with E-state index in [2.05, 4.69) is 16.3 Å². The molecular weight excluding hydrogens is 398 g/mol. The van der Waals surface area contributed by atoms with E-state index in [1.54, 1.807) is 4.90 Å². The first-order valence-corrected chi connectivity index (χ1v) is 11.2. The van der Waals surface area contributed by atoms with Crippen LogP contribution in [0.4, 0.5) is 10.5 Å². The number of hydrogen-bond acceptors (Lipinski definition) is 3. The number of urea groups is 1. The van der Waals surface area contributed by atoms with E-state index in [1.165, 1.54) is 12.8 Å². The van der Waals surface area contributed by atoms with Crippen molar-refractivity contribution in [3.05, 3.63) is 59.1 Å². The van der Waals surface area contributed by atoms with E-state index >= 15 is 0 Å². The number of benzene rings is 2. The Morgan fingerprint density at radius 1 is 1.13 bits per heavy atom. The van der Waals surface area contributed by atoms with Gasteiger partial charge in [0.25, 0.3) is 0 Å². The van der Waals surface area contributed by atoms with Crippen molar-refractivity contribution in [2.24, 2.45) is 5.92 Å². The van der Waals surface area contributed by atoms with Gasteiger partial charge in [-0.15, -0.1) is 0 Å². The Kier molecular flexibility index (Phi) is 6.80. The average Bonchev–Trinajstić information content (AvgIpc) is 3.23. The maximum absolute atomic E-state index is 12.3. The molecule has 4 rings (SSSR count). The summed E-state index contributed by atoms with van der Waals surface area (Å²) in [6.45, 7) is 3.92. The molecule has 1 N–H and O–H groups in total. The summed E-state index contributed by atoms with van der Waals surface area (Å²) < 4.78 is 6.18. The smallest absolute Gasteiger partial charge is 0.321 e. The molecule has 6 heteroatoms. The van der Waals surface area contributed by atoms with Gasteiger partial charge in [-0.25, -0.2) is 4.79 Å². The van der Waals surface area contributed by atoms with Crippen molar-refractivity contribution in [2.75, 3.05) is 32.0 Å². The van der Waals surface area contributed by atoms with Crippen LogP contribution in [0.1, 0.15) is 31.2 Å². The van der Waals surface area contributed by atoms with Crippen molar-refractivity contribution in [3.63, 3.8) is 0 Å². The molecule has 30 heavy (non-hydrogen) atoms. The van der Waals surface area contributed by atoms with Crippen LogP contribution in [0, 0.1) is 5.92 Å². The van der Waals surface area contributed by atoms with E-state index in [9.17, 15) is 4.79 Å². The highest BCUT2D eigenvalue weighted by molar-refractivity contribution is 6.32. The highest BCUT2D eigenvalue weighted by Crippen LogP contribution is 2.36. The van der Waals surface area contributed by atoms with Crippen LogP contribution in [0.15, 0.2) is 48.5 Å². The summed E-state index contributed by atoms with van der Waals surface area (Å²) in [5.74, 6) is 1.24. The molecule has 2 aliphatic rings. The first-order valence-electron chi connectivity index (χ1n) is 10.8. The van der Waals surface area contributed by atoms with Gasteiger partial charge in [-0.05, 0) is 68.5 Å². The number of ether oxygens (including phenoxy) is 1. The van der Waals surface area contributed by atoms with E-state index in [-0.39, 0.29) is 12.1 Å². The molecule has 1 aliphatic heterocycles. The molecule has 1 saturated heterocycles. The van der Waals surface area contributed by atoms with Crippen LogP contribution in [0.25, 0.3) is 0 Å². The summed E-state index contributed by atoms with van der Waals surface area (Å²) in [4.78, 5) is 16.5. The van der Waals surface area contributed by atoms with Crippen LogP contribution in [-0.4, -0.2) is 48.6 Å². The minimum Gasteiger partial charge on any atom is -0.489 e. The van der Waals surface area contributed by atoms with Crippen LogP contribution >= 0.6 is 11.6 Å². The first kappa shape index (κ1) is 21.0. The fraction of sp³-hybridized carbons (Fsp3) is 0.458. The van der Waals surface area contributed by atoms with E-state index in [0.717, 1.165) is 61.0 Å². The normalized spacial score (nSPS) is 21.1. The Labute approximate surface area is 184 Å². The summed E-state index contributed by atoms with van der Waals surface area (Å²) in [7, 11) is 1.84. The van der Waals surface area contributed by atoms with Gasteiger partial charge in [0.15, 0.2) is 0 Å². The van der Waals surface area contributed by atoms with E-state index in [1.807, 2.05) is 49.5 Å². The molecule has 0 atom stereocenters. The van der Waals surface area contributed by atoms with Crippen molar-refractivity contribution in [2.45, 2.75) is 38.3 Å². The highest BCUT2D eigenvalue weighted by Gasteiger charge is 2.33. The molecule has 160 valence electrons. The van der Waals surface area contributed by atoms with Gasteiger partial charge in [-0.1, -0.05) is 41.9 Å². The zero-order chi connectivity index (χ0) is 20.9. The van der Waals surface area contributed by atoms with E-state index < -0.39 is 0 Å². The van der Waals surface area contributed by atoms with Crippen LogP contribution < -0.4 is 10.1 Å². The quantitative estimate of drug-likeness (QED) is 0.655. The molecule has 2 amide bonds. The maximum Gasteiger partial charge on any atom is 0.321 e.